The fourth-order valence-electron chi connectivity index (χ4n) is 0.946. The molecule has 0 aliphatic carbocycles. The second-order valence-corrected chi connectivity index (χ2v) is 3.00. The van der Waals surface area contributed by atoms with E-state index in [9.17, 15) is 0 Å². The first-order valence-electron chi connectivity index (χ1n) is 4.92. The molecular formula is C10H21NO. The minimum absolute atomic E-state index is 0.436. The van der Waals surface area contributed by atoms with E-state index >= 15 is 0 Å². The smallest absolute Gasteiger partial charge is 0.108 e. The van der Waals surface area contributed by atoms with Crippen LogP contribution in [0, 0.1) is 0 Å². The summed E-state index contributed by atoms with van der Waals surface area (Å²) < 4.78 is 0. The van der Waals surface area contributed by atoms with Crippen molar-refractivity contribution < 1.29 is 5.11 Å². The highest BCUT2D eigenvalue weighted by Gasteiger charge is 1.87. The molecule has 0 unspecified atom stereocenters. The molecule has 0 amide bonds. The first-order valence-corrected chi connectivity index (χ1v) is 4.92. The van der Waals surface area contributed by atoms with Crippen molar-refractivity contribution in [2.24, 2.45) is 0 Å². The molecule has 12 heavy (non-hydrogen) atoms. The lowest BCUT2D eigenvalue weighted by molar-refractivity contribution is 0.389. The third-order valence-electron chi connectivity index (χ3n) is 1.81. The van der Waals surface area contributed by atoms with Crippen LogP contribution in [0.15, 0.2) is 12.0 Å². The van der Waals surface area contributed by atoms with E-state index < -0.39 is 0 Å². The maximum atomic E-state index is 9.06. The third-order valence-corrected chi connectivity index (χ3v) is 1.81. The number of aliphatic hydroxyl groups excluding tert-OH is 1. The molecule has 0 heterocycles. The highest BCUT2D eigenvalue weighted by atomic mass is 16.3. The van der Waals surface area contributed by atoms with Crippen LogP contribution in [0.4, 0.5) is 0 Å². The quantitative estimate of drug-likeness (QED) is 0.456. The maximum absolute atomic E-state index is 9.06. The zero-order valence-electron chi connectivity index (χ0n) is 8.27. The molecule has 0 aromatic rings. The van der Waals surface area contributed by atoms with Gasteiger partial charge in [-0.05, 0) is 6.42 Å². The van der Waals surface area contributed by atoms with Gasteiger partial charge in [0.25, 0.3) is 0 Å². The molecule has 2 N–H and O–H groups in total. The van der Waals surface area contributed by atoms with Crippen LogP contribution in [0.25, 0.3) is 0 Å². The van der Waals surface area contributed by atoms with E-state index in [1.807, 2.05) is 6.92 Å². The van der Waals surface area contributed by atoms with Crippen molar-refractivity contribution in [3.63, 3.8) is 0 Å². The maximum Gasteiger partial charge on any atom is 0.108 e. The van der Waals surface area contributed by atoms with Crippen LogP contribution in [-0.2, 0) is 0 Å². The molecule has 0 radical (unpaired) electrons. The monoisotopic (exact) mass is 171 g/mol. The number of rotatable bonds is 7. The summed E-state index contributed by atoms with van der Waals surface area (Å²) in [5.74, 6) is 0.436. The third kappa shape index (κ3) is 7.45. The number of nitrogens with one attached hydrogen (secondary N) is 1. The van der Waals surface area contributed by atoms with Gasteiger partial charge in [0, 0.05) is 19.2 Å². The van der Waals surface area contributed by atoms with Crippen LogP contribution in [0.5, 0.6) is 0 Å². The molecule has 0 bridgehead atoms. The Hall–Kier alpha value is -0.660. The number of hydrogen-bond acceptors (Lipinski definition) is 2. The van der Waals surface area contributed by atoms with Gasteiger partial charge in [0.2, 0.25) is 0 Å². The molecule has 0 aliphatic rings. The van der Waals surface area contributed by atoms with Crippen molar-refractivity contribution >= 4 is 0 Å². The van der Waals surface area contributed by atoms with Crippen molar-refractivity contribution in [3.8, 4) is 0 Å². The van der Waals surface area contributed by atoms with Gasteiger partial charge in [-0.3, -0.25) is 0 Å². The number of allylic oxidation sites excluding steroid dienone is 1. The minimum atomic E-state index is 0.436. The first-order chi connectivity index (χ1) is 5.81. The summed E-state index contributed by atoms with van der Waals surface area (Å²) in [6.07, 6.45) is 7.47. The standard InChI is InChI=1S/C10H21NO/c1-3-5-6-7-8-11-9-10(12)4-2/h9,11-12H,3-8H2,1-2H3. The first kappa shape index (κ1) is 11.3. The summed E-state index contributed by atoms with van der Waals surface area (Å²) in [5, 5.41) is 12.1. The summed E-state index contributed by atoms with van der Waals surface area (Å²) in [7, 11) is 0. The fraction of sp³-hybridized carbons (Fsp3) is 0.800. The Morgan fingerprint density at radius 1 is 1.25 bits per heavy atom. The van der Waals surface area contributed by atoms with E-state index in [4.69, 9.17) is 5.11 Å². The lowest BCUT2D eigenvalue weighted by Gasteiger charge is -2.00. The van der Waals surface area contributed by atoms with Crippen molar-refractivity contribution in [3.05, 3.63) is 12.0 Å². The molecular weight excluding hydrogens is 150 g/mol. The van der Waals surface area contributed by atoms with Gasteiger partial charge in [-0.25, -0.2) is 0 Å². The van der Waals surface area contributed by atoms with Gasteiger partial charge in [-0.1, -0.05) is 33.1 Å². The number of hydrogen-bond donors (Lipinski definition) is 2. The SMILES string of the molecule is CCCCCCNC=C(O)CC. The van der Waals surface area contributed by atoms with E-state index in [0.29, 0.717) is 12.2 Å². The molecule has 72 valence electrons. The van der Waals surface area contributed by atoms with Crippen molar-refractivity contribution in [1.82, 2.24) is 5.32 Å². The van der Waals surface area contributed by atoms with Crippen molar-refractivity contribution in [2.45, 2.75) is 46.0 Å². The number of unbranched alkanes of at least 4 members (excludes halogenated alkanes) is 3. The summed E-state index contributed by atoms with van der Waals surface area (Å²) in [6.45, 7) is 5.12. The molecule has 0 fully saturated rings. The van der Waals surface area contributed by atoms with E-state index in [1.165, 1.54) is 25.7 Å². The van der Waals surface area contributed by atoms with Crippen LogP contribution in [0.1, 0.15) is 46.0 Å². The Kier molecular flexibility index (Phi) is 7.97. The van der Waals surface area contributed by atoms with Crippen LogP contribution >= 0.6 is 0 Å². The van der Waals surface area contributed by atoms with Crippen LogP contribution < -0.4 is 5.32 Å². The largest absolute Gasteiger partial charge is 0.511 e. The summed E-state index contributed by atoms with van der Waals surface area (Å²) in [5.41, 5.74) is 0. The topological polar surface area (TPSA) is 32.3 Å². The van der Waals surface area contributed by atoms with Gasteiger partial charge in [-0.15, -0.1) is 0 Å². The molecule has 0 saturated carbocycles. The zero-order chi connectivity index (χ0) is 9.23. The molecule has 0 atom stereocenters. The van der Waals surface area contributed by atoms with E-state index in [1.54, 1.807) is 6.20 Å². The fourth-order valence-corrected chi connectivity index (χ4v) is 0.946. The van der Waals surface area contributed by atoms with Gasteiger partial charge < -0.3 is 10.4 Å². The highest BCUT2D eigenvalue weighted by molar-refractivity contribution is 4.86. The van der Waals surface area contributed by atoms with Gasteiger partial charge in [0.1, 0.15) is 5.76 Å². The zero-order valence-corrected chi connectivity index (χ0v) is 8.27. The van der Waals surface area contributed by atoms with Gasteiger partial charge in [0.15, 0.2) is 0 Å². The Morgan fingerprint density at radius 2 is 2.00 bits per heavy atom. The number of aliphatic hydroxyl groups is 1. The second-order valence-electron chi connectivity index (χ2n) is 3.00. The Bertz CT molecular complexity index is 121. The lowest BCUT2D eigenvalue weighted by Crippen LogP contribution is -2.07. The molecule has 2 nitrogen and oxygen atoms in total. The van der Waals surface area contributed by atoms with E-state index in [-0.39, 0.29) is 0 Å². The molecule has 0 aliphatic heterocycles. The van der Waals surface area contributed by atoms with Crippen LogP contribution in [0.2, 0.25) is 0 Å². The predicted octanol–water partition coefficient (Wildman–Crippen LogP) is 2.97. The molecule has 0 aromatic carbocycles. The highest BCUT2D eigenvalue weighted by Crippen LogP contribution is 1.97. The molecule has 0 saturated heterocycles. The summed E-state index contributed by atoms with van der Waals surface area (Å²) >= 11 is 0. The normalized spacial score (nSPS) is 11.7. The predicted molar refractivity (Wildman–Crippen MR) is 53.1 cm³/mol. The van der Waals surface area contributed by atoms with E-state index in [2.05, 4.69) is 12.2 Å². The Morgan fingerprint density at radius 3 is 2.58 bits per heavy atom. The molecule has 0 aromatic heterocycles. The molecule has 2 heteroatoms. The van der Waals surface area contributed by atoms with Crippen LogP contribution in [-0.4, -0.2) is 11.7 Å². The summed E-state index contributed by atoms with van der Waals surface area (Å²) in [6, 6.07) is 0. The average molecular weight is 171 g/mol. The van der Waals surface area contributed by atoms with Crippen molar-refractivity contribution in [1.29, 1.82) is 0 Å². The van der Waals surface area contributed by atoms with Crippen molar-refractivity contribution in [2.75, 3.05) is 6.54 Å². The summed E-state index contributed by atoms with van der Waals surface area (Å²) in [4.78, 5) is 0. The van der Waals surface area contributed by atoms with Gasteiger partial charge in [0.05, 0.1) is 0 Å². The Balaban J connectivity index is 3.10. The van der Waals surface area contributed by atoms with Gasteiger partial charge >= 0.3 is 0 Å². The molecule has 0 rings (SSSR count). The minimum Gasteiger partial charge on any atom is -0.511 e. The molecule has 0 spiro atoms. The average Bonchev–Trinajstić information content (AvgIpc) is 2.10. The van der Waals surface area contributed by atoms with E-state index in [0.717, 1.165) is 6.54 Å². The van der Waals surface area contributed by atoms with Gasteiger partial charge in [-0.2, -0.15) is 0 Å². The lowest BCUT2D eigenvalue weighted by atomic mass is 10.2. The van der Waals surface area contributed by atoms with Crippen LogP contribution in [0.3, 0.4) is 0 Å². The Labute approximate surface area is 75.7 Å². The second kappa shape index (κ2) is 8.44.